The van der Waals surface area contributed by atoms with Gasteiger partial charge in [0.15, 0.2) is 5.82 Å². The first-order valence-electron chi connectivity index (χ1n) is 24.6. The fraction of sp³-hybridized carbons (Fsp3) is 0.560. The number of rotatable bonds is 23. The highest BCUT2D eigenvalue weighted by molar-refractivity contribution is 7.99. The quantitative estimate of drug-likeness (QED) is 0.0393. The number of unbranched alkanes of at least 4 members (excludes halogenated alkanes) is 10. The van der Waals surface area contributed by atoms with Crippen molar-refractivity contribution in [2.24, 2.45) is 17.1 Å². The van der Waals surface area contributed by atoms with E-state index in [0.29, 0.717) is 51.1 Å². The number of anilines is 4. The molecule has 4 heterocycles. The minimum Gasteiger partial charge on any atom is -0.384 e. The molecule has 3 atom stereocenters. The number of imide groups is 2. The van der Waals surface area contributed by atoms with E-state index >= 15 is 0 Å². The Morgan fingerprint density at radius 1 is 0.838 bits per heavy atom. The van der Waals surface area contributed by atoms with Gasteiger partial charge < -0.3 is 32.3 Å². The first kappa shape index (κ1) is 50.6. The van der Waals surface area contributed by atoms with Gasteiger partial charge in [0.25, 0.3) is 11.8 Å². The summed E-state index contributed by atoms with van der Waals surface area (Å²) in [6.07, 6.45) is 18.6. The van der Waals surface area contributed by atoms with E-state index in [1.807, 2.05) is 6.07 Å². The van der Waals surface area contributed by atoms with Crippen molar-refractivity contribution < 1.29 is 28.8 Å². The van der Waals surface area contributed by atoms with Crippen molar-refractivity contribution in [1.29, 1.82) is 0 Å². The summed E-state index contributed by atoms with van der Waals surface area (Å²) < 4.78 is 0. The summed E-state index contributed by atoms with van der Waals surface area (Å²) in [5.41, 5.74) is 14.8. The van der Waals surface area contributed by atoms with Crippen LogP contribution in [-0.4, -0.2) is 88.6 Å². The second-order valence-electron chi connectivity index (χ2n) is 18.9. The molecule has 3 aliphatic heterocycles. The first-order chi connectivity index (χ1) is 32.8. The molecule has 18 heteroatoms. The topological polar surface area (TPSA) is 235 Å². The predicted octanol–water partition coefficient (Wildman–Crippen LogP) is 7.85. The van der Waals surface area contributed by atoms with Crippen molar-refractivity contribution in [3.8, 4) is 0 Å². The smallest absolute Gasteiger partial charge is 0.264 e. The van der Waals surface area contributed by atoms with Crippen LogP contribution in [0.15, 0.2) is 52.5 Å². The van der Waals surface area contributed by atoms with Gasteiger partial charge in [-0.1, -0.05) is 100 Å². The Balaban J connectivity index is 0.691. The van der Waals surface area contributed by atoms with Gasteiger partial charge in [0, 0.05) is 62.1 Å². The Hall–Kier alpha value is -5.26. The van der Waals surface area contributed by atoms with Gasteiger partial charge in [-0.15, -0.1) is 0 Å². The van der Waals surface area contributed by atoms with Gasteiger partial charge in [0.2, 0.25) is 23.6 Å². The molecule has 1 aliphatic carbocycles. The number of amides is 6. The summed E-state index contributed by atoms with van der Waals surface area (Å²) in [6, 6.07) is 9.75. The van der Waals surface area contributed by atoms with Gasteiger partial charge in [-0.3, -0.25) is 39.0 Å². The lowest BCUT2D eigenvalue weighted by atomic mass is 9.73. The minimum absolute atomic E-state index is 0.0359. The third-order valence-corrected chi connectivity index (χ3v) is 15.8. The number of halogens is 1. The van der Waals surface area contributed by atoms with Gasteiger partial charge in [0.05, 0.1) is 28.0 Å². The number of hydrogen-bond acceptors (Lipinski definition) is 13. The molecule has 7 rings (SSSR count). The van der Waals surface area contributed by atoms with Gasteiger partial charge in [0.1, 0.15) is 16.9 Å². The van der Waals surface area contributed by atoms with Crippen LogP contribution in [0.25, 0.3) is 0 Å². The van der Waals surface area contributed by atoms with Crippen LogP contribution in [0, 0.1) is 11.3 Å². The summed E-state index contributed by atoms with van der Waals surface area (Å²) >= 11 is 8.02. The molecule has 3 fully saturated rings. The molecule has 2 saturated heterocycles. The van der Waals surface area contributed by atoms with Crippen LogP contribution in [0.3, 0.4) is 0 Å². The molecule has 366 valence electrons. The van der Waals surface area contributed by atoms with E-state index in [0.717, 1.165) is 88.0 Å². The van der Waals surface area contributed by atoms with Gasteiger partial charge in [-0.05, 0) is 80.5 Å². The average Bonchev–Trinajstić information content (AvgIpc) is 3.74. The molecular formula is C50H67ClN10O6S. The summed E-state index contributed by atoms with van der Waals surface area (Å²) in [6.45, 7) is 5.26. The molecule has 1 aromatic heterocycles. The SMILES string of the molecule is CC1CCC2(CCN(c3cnc(Sc4cccc(NC(=O)CCC(=O)NCCCCCCCCCCCCCNc5cccc6c5C(=O)N(C5CCC(=O)NC5=O)C6=O)c4Cl)c(N)n3)CC2)C1N. The molecule has 4 aliphatic rings. The highest BCUT2D eigenvalue weighted by Crippen LogP contribution is 2.48. The van der Waals surface area contributed by atoms with Crippen LogP contribution in [0.1, 0.15) is 150 Å². The van der Waals surface area contributed by atoms with Crippen LogP contribution in [-0.2, 0) is 19.2 Å². The largest absolute Gasteiger partial charge is 0.384 e. The van der Waals surface area contributed by atoms with E-state index in [1.165, 1.54) is 43.9 Å². The zero-order chi connectivity index (χ0) is 48.2. The van der Waals surface area contributed by atoms with Crippen LogP contribution in [0.4, 0.5) is 23.0 Å². The maximum absolute atomic E-state index is 13.3. The zero-order valence-electron chi connectivity index (χ0n) is 39.2. The third kappa shape index (κ3) is 12.5. The maximum atomic E-state index is 13.3. The Morgan fingerprint density at radius 2 is 1.49 bits per heavy atom. The predicted molar refractivity (Wildman–Crippen MR) is 266 cm³/mol. The second-order valence-corrected chi connectivity index (χ2v) is 20.3. The van der Waals surface area contributed by atoms with Crippen molar-refractivity contribution in [1.82, 2.24) is 25.5 Å². The lowest BCUT2D eigenvalue weighted by Crippen LogP contribution is -2.54. The highest BCUT2D eigenvalue weighted by Gasteiger charge is 2.47. The zero-order valence-corrected chi connectivity index (χ0v) is 40.8. The van der Waals surface area contributed by atoms with Gasteiger partial charge in [-0.25, -0.2) is 9.97 Å². The fourth-order valence-corrected chi connectivity index (χ4v) is 11.2. The molecule has 16 nitrogen and oxygen atoms in total. The number of hydrogen-bond donors (Lipinski definition) is 6. The number of nitrogens with two attached hydrogens (primary N) is 2. The second kappa shape index (κ2) is 23.8. The van der Waals surface area contributed by atoms with E-state index in [4.69, 9.17) is 23.1 Å². The normalized spacial score (nSPS) is 19.9. The Labute approximate surface area is 408 Å². The maximum Gasteiger partial charge on any atom is 0.264 e. The molecule has 1 spiro atoms. The standard InChI is InChI=1S/C50H67ClN10O6S/c1-32-23-24-50(44(32)52)25-29-60(30-26-50)38-31-56-47(45(53)58-38)68-37-18-14-17-35(43(37)51)57-40(63)22-21-39(62)55-28-12-10-8-6-4-2-3-5-7-9-11-27-54-34-16-13-15-33-42(34)49(67)61(48(33)66)36-19-20-41(64)59-46(36)65/h13-18,31-32,36,44,54H,2-12,19-30,52H2,1H3,(H2,53,58)(H,55,62)(H,57,63)(H,59,64,65). The monoisotopic (exact) mass is 970 g/mol. The molecule has 1 saturated carbocycles. The van der Waals surface area contributed by atoms with Gasteiger partial charge >= 0.3 is 0 Å². The number of carbonyl (C=O) groups is 6. The highest BCUT2D eigenvalue weighted by atomic mass is 35.5. The van der Waals surface area contributed by atoms with E-state index in [-0.39, 0.29) is 60.1 Å². The van der Waals surface area contributed by atoms with Crippen LogP contribution in [0.5, 0.6) is 0 Å². The number of piperidine rings is 2. The minimum atomic E-state index is -0.981. The Morgan fingerprint density at radius 3 is 2.15 bits per heavy atom. The molecule has 0 radical (unpaired) electrons. The van der Waals surface area contributed by atoms with Crippen LogP contribution < -0.4 is 37.6 Å². The number of nitrogen functional groups attached to an aromatic ring is 1. The summed E-state index contributed by atoms with van der Waals surface area (Å²) in [5, 5.41) is 12.2. The van der Waals surface area contributed by atoms with Crippen molar-refractivity contribution in [3.05, 3.63) is 58.7 Å². The van der Waals surface area contributed by atoms with E-state index in [9.17, 15) is 28.8 Å². The molecule has 3 unspecified atom stereocenters. The Bertz CT molecular complexity index is 2330. The average molecular weight is 972 g/mol. The fourth-order valence-electron chi connectivity index (χ4n) is 10.1. The van der Waals surface area contributed by atoms with Crippen LogP contribution in [0.2, 0.25) is 5.02 Å². The number of nitrogens with zero attached hydrogens (tertiary/aromatic N) is 4. The molecule has 0 bridgehead atoms. The molecular weight excluding hydrogens is 904 g/mol. The van der Waals surface area contributed by atoms with Crippen molar-refractivity contribution in [2.75, 3.05) is 47.4 Å². The Kier molecular flexibility index (Phi) is 17.7. The van der Waals surface area contributed by atoms with Crippen molar-refractivity contribution >= 4 is 81.8 Å². The number of benzene rings is 2. The lowest BCUT2D eigenvalue weighted by molar-refractivity contribution is -0.136. The van der Waals surface area contributed by atoms with Gasteiger partial charge in [-0.2, -0.15) is 0 Å². The summed E-state index contributed by atoms with van der Waals surface area (Å²) in [4.78, 5) is 88.8. The summed E-state index contributed by atoms with van der Waals surface area (Å²) in [7, 11) is 0. The molecule has 68 heavy (non-hydrogen) atoms. The van der Waals surface area contributed by atoms with E-state index in [1.54, 1.807) is 36.5 Å². The summed E-state index contributed by atoms with van der Waals surface area (Å²) in [5.74, 6) is -0.829. The first-order valence-corrected chi connectivity index (χ1v) is 25.8. The van der Waals surface area contributed by atoms with Crippen molar-refractivity contribution in [3.63, 3.8) is 0 Å². The number of aromatic nitrogens is 2. The molecule has 8 N–H and O–H groups in total. The number of nitrogens with one attached hydrogen (secondary N) is 4. The number of carbonyl (C=O) groups excluding carboxylic acids is 6. The van der Waals surface area contributed by atoms with Crippen LogP contribution >= 0.6 is 23.4 Å². The third-order valence-electron chi connectivity index (χ3n) is 14.2. The lowest BCUT2D eigenvalue weighted by Gasteiger charge is -2.43. The van der Waals surface area contributed by atoms with Crippen molar-refractivity contribution in [2.45, 2.75) is 151 Å². The molecule has 6 amide bonds. The van der Waals surface area contributed by atoms with E-state index < -0.39 is 29.7 Å². The number of fused-ring (bicyclic) bond motifs is 1. The van der Waals surface area contributed by atoms with E-state index in [2.05, 4.69) is 43.1 Å². The molecule has 3 aromatic rings. The molecule has 2 aromatic carbocycles.